The summed E-state index contributed by atoms with van der Waals surface area (Å²) in [6, 6.07) is 6.65. The van der Waals surface area contributed by atoms with Crippen molar-refractivity contribution in [2.45, 2.75) is 25.6 Å². The van der Waals surface area contributed by atoms with E-state index in [1.54, 1.807) is 0 Å². The number of nitrogens with one attached hydrogen (secondary N) is 1. The Bertz CT molecular complexity index is 452. The SMILES string of the molecule is CC1CN(Cc2ccc3c(c2)OCO3)CC(CO)N1. The molecular formula is C14H20N2O3. The molecule has 3 rings (SSSR count). The lowest BCUT2D eigenvalue weighted by Crippen LogP contribution is -2.56. The van der Waals surface area contributed by atoms with E-state index in [-0.39, 0.29) is 12.6 Å². The summed E-state index contributed by atoms with van der Waals surface area (Å²) in [6.07, 6.45) is 0. The Morgan fingerprint density at radius 2 is 2.16 bits per heavy atom. The second-order valence-electron chi connectivity index (χ2n) is 5.33. The van der Waals surface area contributed by atoms with Crippen molar-refractivity contribution in [1.29, 1.82) is 0 Å². The van der Waals surface area contributed by atoms with Gasteiger partial charge in [-0.25, -0.2) is 0 Å². The summed E-state index contributed by atoms with van der Waals surface area (Å²) in [4.78, 5) is 2.36. The Balaban J connectivity index is 1.67. The van der Waals surface area contributed by atoms with Crippen LogP contribution >= 0.6 is 0 Å². The summed E-state index contributed by atoms with van der Waals surface area (Å²) in [6.45, 7) is 5.38. The van der Waals surface area contributed by atoms with Crippen LogP contribution in [0, 0.1) is 0 Å². The summed E-state index contributed by atoms with van der Waals surface area (Å²) in [7, 11) is 0. The summed E-state index contributed by atoms with van der Waals surface area (Å²) in [5.74, 6) is 1.66. The molecule has 1 saturated heterocycles. The zero-order chi connectivity index (χ0) is 13.2. The maximum absolute atomic E-state index is 9.29. The number of rotatable bonds is 3. The van der Waals surface area contributed by atoms with Crippen LogP contribution in [0.25, 0.3) is 0 Å². The number of ether oxygens (including phenoxy) is 2. The van der Waals surface area contributed by atoms with Crippen molar-refractivity contribution in [3.05, 3.63) is 23.8 Å². The molecule has 2 atom stereocenters. The first-order valence-electron chi connectivity index (χ1n) is 6.72. The highest BCUT2D eigenvalue weighted by Crippen LogP contribution is 2.32. The van der Waals surface area contributed by atoms with Gasteiger partial charge in [0.05, 0.1) is 6.61 Å². The van der Waals surface area contributed by atoms with Crippen LogP contribution in [0.4, 0.5) is 0 Å². The lowest BCUT2D eigenvalue weighted by Gasteiger charge is -2.36. The van der Waals surface area contributed by atoms with Gasteiger partial charge in [0.1, 0.15) is 0 Å². The molecule has 0 saturated carbocycles. The van der Waals surface area contributed by atoms with Crippen molar-refractivity contribution >= 4 is 0 Å². The van der Waals surface area contributed by atoms with Gasteiger partial charge < -0.3 is 19.9 Å². The van der Waals surface area contributed by atoms with Gasteiger partial charge in [-0.05, 0) is 24.6 Å². The Morgan fingerprint density at radius 1 is 1.32 bits per heavy atom. The van der Waals surface area contributed by atoms with E-state index in [1.807, 2.05) is 12.1 Å². The van der Waals surface area contributed by atoms with Gasteiger partial charge >= 0.3 is 0 Å². The van der Waals surface area contributed by atoms with Crippen LogP contribution in [0.1, 0.15) is 12.5 Å². The molecule has 2 aliphatic heterocycles. The van der Waals surface area contributed by atoms with E-state index in [0.29, 0.717) is 12.8 Å². The molecule has 2 heterocycles. The van der Waals surface area contributed by atoms with Crippen LogP contribution in [0.15, 0.2) is 18.2 Å². The Hall–Kier alpha value is -1.30. The van der Waals surface area contributed by atoms with Crippen LogP contribution in [0.3, 0.4) is 0 Å². The third kappa shape index (κ3) is 2.83. The van der Waals surface area contributed by atoms with Gasteiger partial charge in [0, 0.05) is 31.7 Å². The molecule has 2 unspecified atom stereocenters. The lowest BCUT2D eigenvalue weighted by atomic mass is 10.1. The Morgan fingerprint density at radius 3 is 3.00 bits per heavy atom. The zero-order valence-corrected chi connectivity index (χ0v) is 11.1. The van der Waals surface area contributed by atoms with Crippen LogP contribution in [-0.2, 0) is 6.54 Å². The maximum atomic E-state index is 9.29. The molecular weight excluding hydrogens is 244 g/mol. The predicted octanol–water partition coefficient (Wildman–Crippen LogP) is 0.570. The molecule has 5 nitrogen and oxygen atoms in total. The van der Waals surface area contributed by atoms with Crippen molar-refractivity contribution in [2.24, 2.45) is 0 Å². The average molecular weight is 264 g/mol. The quantitative estimate of drug-likeness (QED) is 0.836. The van der Waals surface area contributed by atoms with Crippen molar-refractivity contribution < 1.29 is 14.6 Å². The second kappa shape index (κ2) is 5.36. The number of hydrogen-bond acceptors (Lipinski definition) is 5. The van der Waals surface area contributed by atoms with Gasteiger partial charge in [-0.2, -0.15) is 0 Å². The number of aliphatic hydroxyl groups excluding tert-OH is 1. The van der Waals surface area contributed by atoms with Gasteiger partial charge in [0.2, 0.25) is 6.79 Å². The Kier molecular flexibility index (Phi) is 3.59. The van der Waals surface area contributed by atoms with Gasteiger partial charge in [0.25, 0.3) is 0 Å². The van der Waals surface area contributed by atoms with Crippen LogP contribution in [0.5, 0.6) is 11.5 Å². The highest BCUT2D eigenvalue weighted by Gasteiger charge is 2.23. The van der Waals surface area contributed by atoms with Gasteiger partial charge in [-0.3, -0.25) is 4.90 Å². The van der Waals surface area contributed by atoms with Crippen LogP contribution in [0.2, 0.25) is 0 Å². The van der Waals surface area contributed by atoms with Crippen molar-refractivity contribution in [3.63, 3.8) is 0 Å². The number of piperazine rings is 1. The minimum absolute atomic E-state index is 0.165. The predicted molar refractivity (Wildman–Crippen MR) is 71.3 cm³/mol. The minimum atomic E-state index is 0.165. The average Bonchev–Trinajstić information content (AvgIpc) is 2.85. The number of fused-ring (bicyclic) bond motifs is 1. The molecule has 0 amide bonds. The molecule has 1 aromatic carbocycles. The highest BCUT2D eigenvalue weighted by atomic mass is 16.7. The molecule has 0 bridgehead atoms. The number of nitrogens with zero attached hydrogens (tertiary/aromatic N) is 1. The second-order valence-corrected chi connectivity index (χ2v) is 5.33. The van der Waals surface area contributed by atoms with Crippen molar-refractivity contribution in [3.8, 4) is 11.5 Å². The molecule has 0 spiro atoms. The lowest BCUT2D eigenvalue weighted by molar-refractivity contribution is 0.119. The topological polar surface area (TPSA) is 54.0 Å². The standard InChI is InChI=1S/C14H20N2O3/c1-10-5-16(7-12(8-17)15-10)6-11-2-3-13-14(4-11)19-9-18-13/h2-4,10,12,15,17H,5-9H2,1H3. The number of aliphatic hydroxyl groups is 1. The number of hydrogen-bond donors (Lipinski definition) is 2. The van der Waals surface area contributed by atoms with E-state index in [2.05, 4.69) is 23.2 Å². The molecule has 1 fully saturated rings. The minimum Gasteiger partial charge on any atom is -0.454 e. The van der Waals surface area contributed by atoms with Crippen LogP contribution in [-0.4, -0.2) is 48.6 Å². The van der Waals surface area contributed by atoms with Gasteiger partial charge in [0.15, 0.2) is 11.5 Å². The fraction of sp³-hybridized carbons (Fsp3) is 0.571. The van der Waals surface area contributed by atoms with Crippen LogP contribution < -0.4 is 14.8 Å². The smallest absolute Gasteiger partial charge is 0.231 e. The highest BCUT2D eigenvalue weighted by molar-refractivity contribution is 5.44. The normalized spacial score (nSPS) is 26.6. The number of benzene rings is 1. The summed E-state index contributed by atoms with van der Waals surface area (Å²) >= 11 is 0. The molecule has 2 aliphatic rings. The van der Waals surface area contributed by atoms with Gasteiger partial charge in [-0.1, -0.05) is 6.07 Å². The van der Waals surface area contributed by atoms with Crippen molar-refractivity contribution in [2.75, 3.05) is 26.5 Å². The molecule has 1 aromatic rings. The van der Waals surface area contributed by atoms with E-state index in [1.165, 1.54) is 5.56 Å². The summed E-state index contributed by atoms with van der Waals surface area (Å²) < 4.78 is 10.7. The largest absolute Gasteiger partial charge is 0.454 e. The molecule has 2 N–H and O–H groups in total. The summed E-state index contributed by atoms with van der Waals surface area (Å²) in [5.41, 5.74) is 1.22. The van der Waals surface area contributed by atoms with E-state index in [9.17, 15) is 5.11 Å². The third-order valence-corrected chi connectivity index (χ3v) is 3.59. The molecule has 19 heavy (non-hydrogen) atoms. The first kappa shape index (κ1) is 12.7. The van der Waals surface area contributed by atoms with Crippen molar-refractivity contribution in [1.82, 2.24) is 10.2 Å². The molecule has 0 aromatic heterocycles. The maximum Gasteiger partial charge on any atom is 0.231 e. The first-order chi connectivity index (χ1) is 9.24. The fourth-order valence-electron chi connectivity index (χ4n) is 2.82. The van der Waals surface area contributed by atoms with E-state index in [4.69, 9.17) is 9.47 Å². The van der Waals surface area contributed by atoms with E-state index < -0.39 is 0 Å². The Labute approximate surface area is 113 Å². The molecule has 5 heteroatoms. The molecule has 104 valence electrons. The van der Waals surface area contributed by atoms with E-state index in [0.717, 1.165) is 31.1 Å². The monoisotopic (exact) mass is 264 g/mol. The fourth-order valence-corrected chi connectivity index (χ4v) is 2.82. The van der Waals surface area contributed by atoms with Gasteiger partial charge in [-0.15, -0.1) is 0 Å². The first-order valence-corrected chi connectivity index (χ1v) is 6.72. The third-order valence-electron chi connectivity index (χ3n) is 3.59. The molecule has 0 aliphatic carbocycles. The summed E-state index contributed by atoms with van der Waals surface area (Å²) in [5, 5.41) is 12.7. The zero-order valence-electron chi connectivity index (χ0n) is 11.1. The molecule has 0 radical (unpaired) electrons. The van der Waals surface area contributed by atoms with E-state index >= 15 is 0 Å².